The zero-order valence-electron chi connectivity index (χ0n) is 30.7. The molecule has 0 aliphatic heterocycles. The number of nitrogens with one attached hydrogen (secondary N) is 3. The van der Waals surface area contributed by atoms with Gasteiger partial charge in [0, 0.05) is 52.0 Å². The number of anilines is 3. The van der Waals surface area contributed by atoms with Crippen LogP contribution in [0.4, 0.5) is 17.1 Å². The number of carbonyl (C=O) groups is 3. The summed E-state index contributed by atoms with van der Waals surface area (Å²) in [5.41, 5.74) is 8.44. The molecule has 57 heavy (non-hydrogen) atoms. The van der Waals surface area contributed by atoms with Crippen molar-refractivity contribution in [1.29, 1.82) is 0 Å². The number of hydrogen-bond donors (Lipinski definition) is 3. The molecule has 0 aliphatic carbocycles. The Morgan fingerprint density at radius 1 is 0.368 bits per heavy atom. The molecule has 3 amide bonds. The Bertz CT molecular complexity index is 2250. The predicted molar refractivity (Wildman–Crippen MR) is 231 cm³/mol. The summed E-state index contributed by atoms with van der Waals surface area (Å²) in [6.07, 6.45) is 9.79. The maximum absolute atomic E-state index is 12.6. The lowest BCUT2D eigenvalue weighted by Gasteiger charge is -2.11. The van der Waals surface area contributed by atoms with Crippen molar-refractivity contribution in [3.05, 3.63) is 205 Å². The zero-order valence-corrected chi connectivity index (χ0v) is 30.7. The molecule has 276 valence electrons. The van der Waals surface area contributed by atoms with Crippen LogP contribution in [0.2, 0.25) is 0 Å². The summed E-state index contributed by atoms with van der Waals surface area (Å²) in [4.78, 5) is 47.7. The van der Waals surface area contributed by atoms with Gasteiger partial charge in [0.05, 0.1) is 11.4 Å². The van der Waals surface area contributed by atoms with Gasteiger partial charge in [-0.2, -0.15) is 0 Å². The van der Waals surface area contributed by atoms with Crippen molar-refractivity contribution in [2.45, 2.75) is 0 Å². The van der Waals surface area contributed by atoms with E-state index < -0.39 is 0 Å². The summed E-state index contributed by atoms with van der Waals surface area (Å²) < 4.78 is 0. The van der Waals surface area contributed by atoms with E-state index in [0.29, 0.717) is 34.3 Å². The van der Waals surface area contributed by atoms with E-state index in [1.807, 2.05) is 170 Å². The van der Waals surface area contributed by atoms with Crippen molar-refractivity contribution in [3.63, 3.8) is 0 Å². The van der Waals surface area contributed by atoms with Crippen LogP contribution in [-0.2, 0) is 14.4 Å². The first-order chi connectivity index (χ1) is 27.9. The van der Waals surface area contributed by atoms with Gasteiger partial charge >= 0.3 is 0 Å². The highest BCUT2D eigenvalue weighted by Crippen LogP contribution is 2.29. The highest BCUT2D eigenvalue weighted by Gasteiger charge is 2.12. The first-order valence-electron chi connectivity index (χ1n) is 18.3. The molecule has 0 fully saturated rings. The van der Waals surface area contributed by atoms with Crippen LogP contribution in [0.3, 0.4) is 0 Å². The number of nitrogens with zero attached hydrogens (tertiary/aromatic N) is 2. The predicted octanol–water partition coefficient (Wildman–Crippen LogP) is 10.4. The van der Waals surface area contributed by atoms with Gasteiger partial charge in [0.25, 0.3) is 0 Å². The molecular weight excluding hydrogens is 707 g/mol. The van der Waals surface area contributed by atoms with Crippen LogP contribution in [0.25, 0.3) is 52.1 Å². The van der Waals surface area contributed by atoms with Crippen LogP contribution >= 0.6 is 0 Å². The average Bonchev–Trinajstić information content (AvgIpc) is 3.26. The molecule has 3 N–H and O–H groups in total. The maximum atomic E-state index is 12.6. The number of rotatable bonds is 12. The van der Waals surface area contributed by atoms with E-state index in [4.69, 9.17) is 9.97 Å². The summed E-state index contributed by atoms with van der Waals surface area (Å²) in [6, 6.07) is 53.1. The van der Waals surface area contributed by atoms with E-state index in [1.165, 1.54) is 18.2 Å². The van der Waals surface area contributed by atoms with E-state index in [1.54, 1.807) is 18.2 Å². The minimum Gasteiger partial charge on any atom is -0.323 e. The fourth-order valence-electron chi connectivity index (χ4n) is 5.78. The Labute approximate surface area is 331 Å². The number of aromatic nitrogens is 2. The minimum atomic E-state index is -0.245. The van der Waals surface area contributed by atoms with E-state index in [-0.39, 0.29) is 17.7 Å². The molecule has 1 aromatic heterocycles. The van der Waals surface area contributed by atoms with Crippen LogP contribution < -0.4 is 16.0 Å². The third kappa shape index (κ3) is 10.8. The van der Waals surface area contributed by atoms with Crippen molar-refractivity contribution >= 4 is 53.0 Å². The van der Waals surface area contributed by atoms with Gasteiger partial charge in [-0.25, -0.2) is 9.97 Å². The molecule has 8 nitrogen and oxygen atoms in total. The van der Waals surface area contributed by atoms with Crippen LogP contribution in [0.1, 0.15) is 16.7 Å². The van der Waals surface area contributed by atoms with Crippen molar-refractivity contribution in [2.24, 2.45) is 0 Å². The fraction of sp³-hybridized carbons (Fsp3) is 0. The molecular formula is C49H37N5O3. The van der Waals surface area contributed by atoms with Crippen LogP contribution in [0, 0.1) is 0 Å². The lowest BCUT2D eigenvalue weighted by atomic mass is 10.1. The SMILES string of the molecule is O=C(/C=C\c1ccccc1)Nc1ccc(-c2cc(-c3ccc(NC(=O)/C=C/c4ccccc4)cc3)nc(-c3ccc(NC(=O)/C=C\c4ccccc4)cc3)n2)cc1. The van der Waals surface area contributed by atoms with Crippen LogP contribution in [-0.4, -0.2) is 27.7 Å². The summed E-state index contributed by atoms with van der Waals surface area (Å²) in [6.45, 7) is 0. The molecule has 0 radical (unpaired) electrons. The van der Waals surface area contributed by atoms with Gasteiger partial charge in [-0.1, -0.05) is 115 Å². The van der Waals surface area contributed by atoms with Gasteiger partial charge in [-0.3, -0.25) is 14.4 Å². The molecule has 0 spiro atoms. The smallest absolute Gasteiger partial charge is 0.248 e. The molecule has 0 saturated carbocycles. The molecule has 7 rings (SSSR count). The number of amides is 3. The van der Waals surface area contributed by atoms with Gasteiger partial charge in [-0.15, -0.1) is 0 Å². The molecule has 0 aliphatic rings. The molecule has 1 heterocycles. The van der Waals surface area contributed by atoms with E-state index >= 15 is 0 Å². The minimum absolute atomic E-state index is 0.239. The Hall–Kier alpha value is -7.97. The lowest BCUT2D eigenvalue weighted by Crippen LogP contribution is -2.07. The molecule has 0 atom stereocenters. The fourth-order valence-corrected chi connectivity index (χ4v) is 5.78. The third-order valence-electron chi connectivity index (χ3n) is 8.71. The second kappa shape index (κ2) is 18.4. The second-order valence-corrected chi connectivity index (χ2v) is 12.9. The monoisotopic (exact) mass is 743 g/mol. The molecule has 7 aromatic rings. The van der Waals surface area contributed by atoms with Crippen molar-refractivity contribution in [1.82, 2.24) is 9.97 Å². The number of benzene rings is 6. The summed E-state index contributed by atoms with van der Waals surface area (Å²) in [7, 11) is 0. The standard InChI is InChI=1S/C49H37N5O3/c55-46(31-16-35-10-4-1-5-11-35)50-41-25-19-38(20-26-41)44-34-45(39-21-27-42(28-22-39)51-47(56)32-17-36-12-6-2-7-13-36)54-49(53-44)40-23-29-43(30-24-40)52-48(57)33-18-37-14-8-3-9-15-37/h1-34H,(H,50,55)(H,51,56)(H,52,57)/b31-16-,32-17+,33-18-. The largest absolute Gasteiger partial charge is 0.323 e. The molecule has 0 saturated heterocycles. The number of carbonyl (C=O) groups excluding carboxylic acids is 3. The normalized spacial score (nSPS) is 11.2. The Balaban J connectivity index is 1.11. The molecule has 8 heteroatoms. The average molecular weight is 744 g/mol. The second-order valence-electron chi connectivity index (χ2n) is 12.9. The first-order valence-corrected chi connectivity index (χ1v) is 18.3. The Morgan fingerprint density at radius 2 is 0.667 bits per heavy atom. The first kappa shape index (κ1) is 37.3. The van der Waals surface area contributed by atoms with E-state index in [2.05, 4.69) is 16.0 Å². The summed E-state index contributed by atoms with van der Waals surface area (Å²) in [5, 5.41) is 8.72. The third-order valence-corrected chi connectivity index (χ3v) is 8.71. The van der Waals surface area contributed by atoms with Gasteiger partial charge in [0.15, 0.2) is 5.82 Å². The number of hydrogen-bond acceptors (Lipinski definition) is 5. The van der Waals surface area contributed by atoms with Crippen LogP contribution in [0.5, 0.6) is 0 Å². The van der Waals surface area contributed by atoms with Crippen LogP contribution in [0.15, 0.2) is 188 Å². The van der Waals surface area contributed by atoms with Gasteiger partial charge in [-0.05, 0) is 89.5 Å². The lowest BCUT2D eigenvalue weighted by molar-refractivity contribution is -0.112. The molecule has 6 aromatic carbocycles. The topological polar surface area (TPSA) is 113 Å². The maximum Gasteiger partial charge on any atom is 0.248 e. The highest BCUT2D eigenvalue weighted by molar-refractivity contribution is 6.03. The summed E-state index contributed by atoms with van der Waals surface area (Å²) in [5.74, 6) is -0.240. The quantitative estimate of drug-likeness (QED) is 0.108. The van der Waals surface area contributed by atoms with Crippen molar-refractivity contribution < 1.29 is 14.4 Å². The Kier molecular flexibility index (Phi) is 12.0. The Morgan fingerprint density at radius 3 is 0.982 bits per heavy atom. The molecule has 0 bridgehead atoms. The van der Waals surface area contributed by atoms with Gasteiger partial charge in [0.1, 0.15) is 0 Å². The van der Waals surface area contributed by atoms with Gasteiger partial charge < -0.3 is 16.0 Å². The highest BCUT2D eigenvalue weighted by atomic mass is 16.2. The van der Waals surface area contributed by atoms with Crippen molar-refractivity contribution in [2.75, 3.05) is 16.0 Å². The molecule has 0 unspecified atom stereocenters. The van der Waals surface area contributed by atoms with E-state index in [9.17, 15) is 14.4 Å². The zero-order chi connectivity index (χ0) is 39.2. The summed E-state index contributed by atoms with van der Waals surface area (Å²) >= 11 is 0. The van der Waals surface area contributed by atoms with Crippen molar-refractivity contribution in [3.8, 4) is 33.9 Å². The van der Waals surface area contributed by atoms with E-state index in [0.717, 1.165) is 33.4 Å². The van der Waals surface area contributed by atoms with Gasteiger partial charge in [0.2, 0.25) is 17.7 Å².